The second-order valence-corrected chi connectivity index (χ2v) is 7.07. The number of imidazole rings is 1. The summed E-state index contributed by atoms with van der Waals surface area (Å²) in [5.74, 6) is 0.0690. The fourth-order valence-electron chi connectivity index (χ4n) is 4.09. The van der Waals surface area contributed by atoms with Crippen molar-refractivity contribution in [3.05, 3.63) is 42.0 Å². The molecule has 8 heteroatoms. The van der Waals surface area contributed by atoms with E-state index in [0.29, 0.717) is 35.6 Å². The summed E-state index contributed by atoms with van der Waals surface area (Å²) in [6, 6.07) is 10.9. The van der Waals surface area contributed by atoms with Crippen LogP contribution in [0, 0.1) is 0 Å². The largest absolute Gasteiger partial charge is 0.494 e. The predicted octanol–water partition coefficient (Wildman–Crippen LogP) is 3.24. The Labute approximate surface area is 165 Å². The average Bonchev–Trinajstić information content (AvgIpc) is 3.17. The number of benzene rings is 2. The number of hydrogen-bond donors (Lipinski definition) is 2. The minimum atomic E-state index is -1.04. The van der Waals surface area contributed by atoms with E-state index in [1.165, 1.54) is 13.2 Å². The normalized spacial score (nSPS) is 13.5. The van der Waals surface area contributed by atoms with Gasteiger partial charge in [-0.2, -0.15) is 0 Å². The highest BCUT2D eigenvalue weighted by Crippen LogP contribution is 2.37. The number of rotatable bonds is 3. The first-order valence-corrected chi connectivity index (χ1v) is 9.18. The molecule has 4 aromatic rings. The summed E-state index contributed by atoms with van der Waals surface area (Å²) in [7, 11) is 3.38. The summed E-state index contributed by atoms with van der Waals surface area (Å²) < 4.78 is 9.43. The lowest BCUT2D eigenvalue weighted by Gasteiger charge is -2.10. The van der Waals surface area contributed by atoms with Crippen LogP contribution in [0.3, 0.4) is 0 Å². The number of aryl methyl sites for hydroxylation is 2. The number of carbonyl (C=O) groups is 2. The number of anilines is 1. The van der Waals surface area contributed by atoms with Gasteiger partial charge in [-0.1, -0.05) is 12.1 Å². The van der Waals surface area contributed by atoms with Crippen LogP contribution in [-0.2, 0) is 18.4 Å². The van der Waals surface area contributed by atoms with Crippen LogP contribution in [-0.4, -0.2) is 38.2 Å². The van der Waals surface area contributed by atoms with Gasteiger partial charge in [0.2, 0.25) is 5.91 Å². The van der Waals surface area contributed by atoms with Crippen molar-refractivity contribution in [2.24, 2.45) is 7.05 Å². The number of para-hydroxylation sites is 1. The third kappa shape index (κ3) is 2.49. The Hall–Kier alpha value is -3.81. The number of aromatic carboxylic acids is 1. The molecule has 2 aromatic carbocycles. The average molecular weight is 390 g/mol. The van der Waals surface area contributed by atoms with Crippen molar-refractivity contribution in [1.82, 2.24) is 14.1 Å². The summed E-state index contributed by atoms with van der Waals surface area (Å²) >= 11 is 0. The van der Waals surface area contributed by atoms with E-state index in [4.69, 9.17) is 9.72 Å². The van der Waals surface area contributed by atoms with Gasteiger partial charge in [-0.05, 0) is 24.3 Å². The van der Waals surface area contributed by atoms with Crippen LogP contribution in [0.25, 0.3) is 33.5 Å². The summed E-state index contributed by atoms with van der Waals surface area (Å²) in [4.78, 5) is 28.3. The summed E-state index contributed by atoms with van der Waals surface area (Å²) in [5.41, 5.74) is 3.98. The van der Waals surface area contributed by atoms with Gasteiger partial charge in [0.05, 0.1) is 35.1 Å². The van der Waals surface area contributed by atoms with Gasteiger partial charge in [0.25, 0.3) is 0 Å². The molecule has 0 saturated heterocycles. The molecule has 146 valence electrons. The van der Waals surface area contributed by atoms with Gasteiger partial charge in [-0.15, -0.1) is 0 Å². The summed E-state index contributed by atoms with van der Waals surface area (Å²) in [6.45, 7) is 0.530. The molecule has 2 N–H and O–H groups in total. The lowest BCUT2D eigenvalue weighted by Crippen LogP contribution is -2.10. The minimum absolute atomic E-state index is 0.0232. The predicted molar refractivity (Wildman–Crippen MR) is 108 cm³/mol. The standard InChI is InChI=1S/C21H18N4O4/c1-24-19-14(8-12(21(27)28)10-16(19)29-2)23-20(24)15-9-11-4-3-5-13-18(11)25(15)7-6-17(26)22-13/h3-5,8-10H,6-7H2,1-2H3,(H,22,26)(H,27,28). The van der Waals surface area contributed by atoms with Crippen LogP contribution < -0.4 is 10.1 Å². The van der Waals surface area contributed by atoms with Crippen molar-refractivity contribution in [2.45, 2.75) is 13.0 Å². The molecule has 0 atom stereocenters. The van der Waals surface area contributed by atoms with Crippen molar-refractivity contribution >= 4 is 39.5 Å². The van der Waals surface area contributed by atoms with E-state index in [1.807, 2.05) is 35.9 Å². The number of fused-ring (bicyclic) bond motifs is 1. The Morgan fingerprint density at radius 2 is 2.07 bits per heavy atom. The molecule has 1 aliphatic rings. The number of hydrogen-bond acceptors (Lipinski definition) is 4. The Balaban J connectivity index is 1.81. The molecule has 0 radical (unpaired) electrons. The highest BCUT2D eigenvalue weighted by Gasteiger charge is 2.23. The van der Waals surface area contributed by atoms with E-state index in [2.05, 4.69) is 9.88 Å². The molecule has 1 aliphatic heterocycles. The third-order valence-corrected chi connectivity index (χ3v) is 5.39. The van der Waals surface area contributed by atoms with Crippen molar-refractivity contribution < 1.29 is 19.4 Å². The number of nitrogens with one attached hydrogen (secondary N) is 1. The maximum absolute atomic E-state index is 12.1. The molecule has 8 nitrogen and oxygen atoms in total. The number of carbonyl (C=O) groups excluding carboxylic acids is 1. The number of ether oxygens (including phenoxy) is 1. The minimum Gasteiger partial charge on any atom is -0.494 e. The van der Waals surface area contributed by atoms with E-state index >= 15 is 0 Å². The first-order valence-electron chi connectivity index (χ1n) is 9.18. The van der Waals surface area contributed by atoms with Crippen LogP contribution >= 0.6 is 0 Å². The van der Waals surface area contributed by atoms with Gasteiger partial charge >= 0.3 is 5.97 Å². The Kier molecular flexibility index (Phi) is 3.64. The summed E-state index contributed by atoms with van der Waals surface area (Å²) in [6.07, 6.45) is 0.363. The lowest BCUT2D eigenvalue weighted by atomic mass is 10.2. The Bertz CT molecular complexity index is 1330. The number of aromatic nitrogens is 3. The maximum atomic E-state index is 12.1. The first-order chi connectivity index (χ1) is 14.0. The van der Waals surface area contributed by atoms with E-state index in [9.17, 15) is 14.7 Å². The quantitative estimate of drug-likeness (QED) is 0.560. The van der Waals surface area contributed by atoms with Crippen molar-refractivity contribution in [3.63, 3.8) is 0 Å². The first kappa shape index (κ1) is 17.3. The van der Waals surface area contributed by atoms with Crippen LogP contribution in [0.2, 0.25) is 0 Å². The smallest absolute Gasteiger partial charge is 0.335 e. The molecule has 0 saturated carbocycles. The molecule has 2 aromatic heterocycles. The molecular formula is C21H18N4O4. The molecule has 29 heavy (non-hydrogen) atoms. The van der Waals surface area contributed by atoms with Crippen molar-refractivity contribution in [3.8, 4) is 17.3 Å². The van der Waals surface area contributed by atoms with Gasteiger partial charge < -0.3 is 24.3 Å². The molecule has 0 bridgehead atoms. The SMILES string of the molecule is COc1cc(C(=O)O)cc2nc(-c3cc4cccc5c4n3CCC(=O)N5)n(C)c12. The maximum Gasteiger partial charge on any atom is 0.335 e. The highest BCUT2D eigenvalue weighted by molar-refractivity contribution is 6.04. The number of carboxylic acids is 1. The monoisotopic (exact) mass is 390 g/mol. The molecular weight excluding hydrogens is 372 g/mol. The molecule has 0 fully saturated rings. The van der Waals surface area contributed by atoms with E-state index in [0.717, 1.165) is 22.3 Å². The third-order valence-electron chi connectivity index (χ3n) is 5.39. The van der Waals surface area contributed by atoms with Gasteiger partial charge in [-0.25, -0.2) is 9.78 Å². The zero-order valence-corrected chi connectivity index (χ0v) is 15.9. The van der Waals surface area contributed by atoms with E-state index in [-0.39, 0.29) is 11.5 Å². The van der Waals surface area contributed by atoms with Crippen LogP contribution in [0.5, 0.6) is 5.75 Å². The van der Waals surface area contributed by atoms with Gasteiger partial charge in [0, 0.05) is 25.4 Å². The van der Waals surface area contributed by atoms with Crippen molar-refractivity contribution in [2.75, 3.05) is 12.4 Å². The second-order valence-electron chi connectivity index (χ2n) is 7.07. The molecule has 0 aliphatic carbocycles. The molecule has 5 rings (SSSR count). The Morgan fingerprint density at radius 1 is 1.24 bits per heavy atom. The number of methoxy groups -OCH3 is 1. The van der Waals surface area contributed by atoms with Crippen LogP contribution in [0.1, 0.15) is 16.8 Å². The van der Waals surface area contributed by atoms with Crippen molar-refractivity contribution in [1.29, 1.82) is 0 Å². The molecule has 0 spiro atoms. The summed E-state index contributed by atoms with van der Waals surface area (Å²) in [5, 5.41) is 13.4. The Morgan fingerprint density at radius 3 is 2.83 bits per heavy atom. The second kappa shape index (κ2) is 6.10. The lowest BCUT2D eigenvalue weighted by molar-refractivity contribution is -0.116. The number of amides is 1. The fourth-order valence-corrected chi connectivity index (χ4v) is 4.09. The zero-order valence-electron chi connectivity index (χ0n) is 15.9. The van der Waals surface area contributed by atoms with Gasteiger partial charge in [-0.3, -0.25) is 4.79 Å². The number of nitrogens with zero attached hydrogens (tertiary/aromatic N) is 3. The van der Waals surface area contributed by atoms with E-state index in [1.54, 1.807) is 6.07 Å². The number of carboxylic acid groups (broad SMARTS) is 1. The molecule has 1 amide bonds. The van der Waals surface area contributed by atoms with Crippen LogP contribution in [0.4, 0.5) is 5.69 Å². The van der Waals surface area contributed by atoms with Gasteiger partial charge in [0.1, 0.15) is 11.3 Å². The fraction of sp³-hybridized carbons (Fsp3) is 0.190. The van der Waals surface area contributed by atoms with E-state index < -0.39 is 5.97 Å². The van der Waals surface area contributed by atoms with Crippen LogP contribution in [0.15, 0.2) is 36.4 Å². The zero-order chi connectivity index (χ0) is 20.3. The molecule has 3 heterocycles. The van der Waals surface area contributed by atoms with Gasteiger partial charge in [0.15, 0.2) is 5.82 Å². The molecule has 0 unspecified atom stereocenters. The topological polar surface area (TPSA) is 98.4 Å². The highest BCUT2D eigenvalue weighted by atomic mass is 16.5.